The summed E-state index contributed by atoms with van der Waals surface area (Å²) >= 11 is 5.46. The van der Waals surface area contributed by atoms with Gasteiger partial charge in [-0.1, -0.05) is 22.8 Å². The molecule has 80 valence electrons. The van der Waals surface area contributed by atoms with E-state index in [1.807, 2.05) is 0 Å². The Bertz CT molecular complexity index is 414. The van der Waals surface area contributed by atoms with Crippen LogP contribution in [-0.2, 0) is 0 Å². The van der Waals surface area contributed by atoms with Gasteiger partial charge in [-0.2, -0.15) is 0 Å². The van der Waals surface area contributed by atoms with E-state index in [9.17, 15) is 13.2 Å². The molecule has 1 rings (SSSR count). The van der Waals surface area contributed by atoms with E-state index in [4.69, 9.17) is 17.1 Å². The summed E-state index contributed by atoms with van der Waals surface area (Å²) in [6.07, 6.45) is -4.88. The molecule has 0 aromatic heterocycles. The van der Waals surface area contributed by atoms with E-state index in [1.54, 1.807) is 0 Å². The van der Waals surface area contributed by atoms with Crippen molar-refractivity contribution >= 4 is 17.3 Å². The first kappa shape index (κ1) is 11.5. The first-order valence-corrected chi connectivity index (χ1v) is 3.91. The molecule has 0 saturated carbocycles. The Balaban J connectivity index is 3.19. The molecular formula is C7H3ClF3N3O. The van der Waals surface area contributed by atoms with Gasteiger partial charge in [-0.05, 0) is 17.7 Å². The molecule has 0 unspecified atom stereocenters. The van der Waals surface area contributed by atoms with Crippen LogP contribution in [0, 0.1) is 0 Å². The van der Waals surface area contributed by atoms with Crippen LogP contribution in [0.3, 0.4) is 0 Å². The molecule has 0 saturated heterocycles. The Labute approximate surface area is 86.8 Å². The van der Waals surface area contributed by atoms with Gasteiger partial charge in [0, 0.05) is 4.91 Å². The normalized spacial score (nSPS) is 10.7. The van der Waals surface area contributed by atoms with Gasteiger partial charge in [-0.25, -0.2) is 0 Å². The van der Waals surface area contributed by atoms with E-state index in [-0.39, 0.29) is 10.7 Å². The fourth-order valence-electron chi connectivity index (χ4n) is 0.841. The number of rotatable bonds is 2. The minimum Gasteiger partial charge on any atom is -0.404 e. The standard InChI is InChI=1S/C7H3ClF3N3O/c8-4-2-1-3-5(13-14-12)6(4)15-7(9,10)11/h1-3H. The summed E-state index contributed by atoms with van der Waals surface area (Å²) in [5, 5.41) is 2.74. The number of para-hydroxylation sites is 1. The molecule has 4 nitrogen and oxygen atoms in total. The molecule has 0 radical (unpaired) electrons. The summed E-state index contributed by atoms with van der Waals surface area (Å²) in [7, 11) is 0. The molecule has 1 aromatic carbocycles. The van der Waals surface area contributed by atoms with E-state index in [0.717, 1.165) is 6.07 Å². The molecule has 8 heteroatoms. The fourth-order valence-corrected chi connectivity index (χ4v) is 1.05. The second-order valence-electron chi connectivity index (χ2n) is 2.33. The Morgan fingerprint density at radius 1 is 1.40 bits per heavy atom. The number of hydrogen-bond acceptors (Lipinski definition) is 2. The van der Waals surface area contributed by atoms with E-state index < -0.39 is 12.1 Å². The zero-order valence-electron chi connectivity index (χ0n) is 6.99. The zero-order chi connectivity index (χ0) is 11.5. The van der Waals surface area contributed by atoms with Gasteiger partial charge in [0.05, 0.1) is 10.7 Å². The highest BCUT2D eigenvalue weighted by atomic mass is 35.5. The lowest BCUT2D eigenvalue weighted by Gasteiger charge is -2.11. The molecule has 0 fully saturated rings. The Morgan fingerprint density at radius 3 is 2.60 bits per heavy atom. The third kappa shape index (κ3) is 3.23. The Hall–Kier alpha value is -1.59. The van der Waals surface area contributed by atoms with Crippen LogP contribution in [0.2, 0.25) is 5.02 Å². The monoisotopic (exact) mass is 237 g/mol. The number of ether oxygens (including phenoxy) is 1. The van der Waals surface area contributed by atoms with Gasteiger partial charge in [-0.15, -0.1) is 13.2 Å². The van der Waals surface area contributed by atoms with Gasteiger partial charge in [-0.3, -0.25) is 0 Å². The molecule has 0 N–H and O–H groups in total. The lowest BCUT2D eigenvalue weighted by Crippen LogP contribution is -2.17. The lowest BCUT2D eigenvalue weighted by molar-refractivity contribution is -0.274. The molecule has 0 bridgehead atoms. The first-order valence-electron chi connectivity index (χ1n) is 3.53. The summed E-state index contributed by atoms with van der Waals surface area (Å²) in [5.74, 6) is -0.704. The summed E-state index contributed by atoms with van der Waals surface area (Å²) < 4.78 is 39.4. The highest BCUT2D eigenvalue weighted by molar-refractivity contribution is 6.32. The SMILES string of the molecule is [N-]=[N+]=Nc1cccc(Cl)c1OC(F)(F)F. The van der Waals surface area contributed by atoms with Crippen molar-refractivity contribution in [2.75, 3.05) is 0 Å². The third-order valence-corrected chi connectivity index (χ3v) is 1.61. The third-order valence-electron chi connectivity index (χ3n) is 1.32. The molecule has 0 amide bonds. The molecule has 15 heavy (non-hydrogen) atoms. The smallest absolute Gasteiger partial charge is 0.404 e. The maximum absolute atomic E-state index is 11.9. The molecule has 0 aliphatic heterocycles. The van der Waals surface area contributed by atoms with Crippen molar-refractivity contribution in [2.24, 2.45) is 5.11 Å². The topological polar surface area (TPSA) is 58.0 Å². The highest BCUT2D eigenvalue weighted by Gasteiger charge is 2.33. The predicted molar refractivity (Wildman–Crippen MR) is 46.9 cm³/mol. The van der Waals surface area contributed by atoms with Gasteiger partial charge in [0.25, 0.3) is 0 Å². The average molecular weight is 238 g/mol. The van der Waals surface area contributed by atoms with E-state index in [1.165, 1.54) is 12.1 Å². The second kappa shape index (κ2) is 4.29. The van der Waals surface area contributed by atoms with Crippen molar-refractivity contribution in [2.45, 2.75) is 6.36 Å². The van der Waals surface area contributed by atoms with Crippen molar-refractivity contribution in [1.82, 2.24) is 0 Å². The van der Waals surface area contributed by atoms with Crippen molar-refractivity contribution < 1.29 is 17.9 Å². The average Bonchev–Trinajstić information content (AvgIpc) is 2.10. The van der Waals surface area contributed by atoms with Gasteiger partial charge in [0.2, 0.25) is 0 Å². The number of azide groups is 1. The second-order valence-corrected chi connectivity index (χ2v) is 2.73. The van der Waals surface area contributed by atoms with Gasteiger partial charge >= 0.3 is 6.36 Å². The van der Waals surface area contributed by atoms with Gasteiger partial charge in [0.15, 0.2) is 5.75 Å². The van der Waals surface area contributed by atoms with Crippen molar-refractivity contribution in [1.29, 1.82) is 0 Å². The van der Waals surface area contributed by atoms with Crippen LogP contribution in [0.4, 0.5) is 18.9 Å². The summed E-state index contributed by atoms with van der Waals surface area (Å²) in [5.41, 5.74) is 7.79. The van der Waals surface area contributed by atoms with Crippen LogP contribution in [0.1, 0.15) is 0 Å². The molecule has 1 aromatic rings. The number of hydrogen-bond donors (Lipinski definition) is 0. The van der Waals surface area contributed by atoms with Crippen molar-refractivity contribution in [3.8, 4) is 5.75 Å². The highest BCUT2D eigenvalue weighted by Crippen LogP contribution is 2.38. The van der Waals surface area contributed by atoms with Crippen LogP contribution in [0.15, 0.2) is 23.3 Å². The van der Waals surface area contributed by atoms with E-state index >= 15 is 0 Å². The zero-order valence-corrected chi connectivity index (χ0v) is 7.75. The van der Waals surface area contributed by atoms with Crippen molar-refractivity contribution in [3.63, 3.8) is 0 Å². The van der Waals surface area contributed by atoms with Gasteiger partial charge in [0.1, 0.15) is 0 Å². The molecule has 0 heterocycles. The molecule has 0 spiro atoms. The summed E-state index contributed by atoms with van der Waals surface area (Å²) in [6, 6.07) is 3.70. The number of alkyl halides is 3. The Morgan fingerprint density at radius 2 is 2.07 bits per heavy atom. The number of halogens is 4. The molecular weight excluding hydrogens is 235 g/mol. The van der Waals surface area contributed by atoms with Crippen molar-refractivity contribution in [3.05, 3.63) is 33.7 Å². The van der Waals surface area contributed by atoms with Crippen LogP contribution < -0.4 is 4.74 Å². The molecule has 0 aliphatic rings. The van der Waals surface area contributed by atoms with Crippen LogP contribution in [0.25, 0.3) is 10.4 Å². The lowest BCUT2D eigenvalue weighted by atomic mass is 10.3. The Kier molecular flexibility index (Phi) is 3.28. The maximum atomic E-state index is 11.9. The number of benzene rings is 1. The first-order chi connectivity index (χ1) is 6.94. The predicted octanol–water partition coefficient (Wildman–Crippen LogP) is 4.18. The van der Waals surface area contributed by atoms with Gasteiger partial charge < -0.3 is 4.74 Å². The largest absolute Gasteiger partial charge is 0.573 e. The van der Waals surface area contributed by atoms with E-state index in [0.29, 0.717) is 0 Å². The minimum atomic E-state index is -4.88. The summed E-state index contributed by atoms with van der Waals surface area (Å²) in [4.78, 5) is 2.36. The van der Waals surface area contributed by atoms with Crippen LogP contribution in [0.5, 0.6) is 5.75 Å². The quantitative estimate of drug-likeness (QED) is 0.432. The summed E-state index contributed by atoms with van der Waals surface area (Å²) in [6.45, 7) is 0. The van der Waals surface area contributed by atoms with Crippen LogP contribution in [-0.4, -0.2) is 6.36 Å². The fraction of sp³-hybridized carbons (Fsp3) is 0.143. The molecule has 0 aliphatic carbocycles. The molecule has 0 atom stereocenters. The van der Waals surface area contributed by atoms with E-state index in [2.05, 4.69) is 14.8 Å². The van der Waals surface area contributed by atoms with Crippen LogP contribution >= 0.6 is 11.6 Å². The maximum Gasteiger partial charge on any atom is 0.573 e. The minimum absolute atomic E-state index is 0.280. The number of nitrogens with zero attached hydrogens (tertiary/aromatic N) is 3.